The molecule has 0 unspecified atom stereocenters. The molecule has 0 aliphatic carbocycles. The quantitative estimate of drug-likeness (QED) is 0.848. The van der Waals surface area contributed by atoms with Crippen LogP contribution in [0, 0.1) is 24.2 Å². The number of anilines is 2. The van der Waals surface area contributed by atoms with Crippen molar-refractivity contribution < 1.29 is 9.53 Å². The number of nitrogens with zero attached hydrogens (tertiary/aromatic N) is 5. The number of carbonyl (C=O) groups is 1. The number of hydrogen-bond acceptors (Lipinski definition) is 7. The Kier molecular flexibility index (Phi) is 6.44. The number of aromatic nitrogens is 2. The summed E-state index contributed by atoms with van der Waals surface area (Å²) >= 11 is 1.29. The minimum atomic E-state index is 0.0186. The summed E-state index contributed by atoms with van der Waals surface area (Å²) in [6.07, 6.45) is 4.20. The van der Waals surface area contributed by atoms with Crippen molar-refractivity contribution in [2.75, 3.05) is 45.7 Å². The highest BCUT2D eigenvalue weighted by atomic mass is 32.1. The predicted molar refractivity (Wildman–Crippen MR) is 108 cm³/mol. The van der Waals surface area contributed by atoms with Crippen molar-refractivity contribution >= 4 is 28.3 Å². The maximum Gasteiger partial charge on any atom is 0.319 e. The van der Waals surface area contributed by atoms with Gasteiger partial charge in [-0.15, -0.1) is 0 Å². The first kappa shape index (κ1) is 20.0. The first-order valence-electron chi connectivity index (χ1n) is 9.08. The summed E-state index contributed by atoms with van der Waals surface area (Å²) in [6, 6.07) is 4.07. The maximum absolute atomic E-state index is 12.3. The third-order valence-corrected chi connectivity index (χ3v) is 5.39. The van der Waals surface area contributed by atoms with Crippen LogP contribution in [0.3, 0.4) is 0 Å². The Balaban J connectivity index is 1.66. The summed E-state index contributed by atoms with van der Waals surface area (Å²) in [4.78, 5) is 25.0. The average Bonchev–Trinajstić information content (AvgIpc) is 2.99. The molecule has 1 aliphatic rings. The standard InChI is InChI=1S/C19H24N6O2S/c1-13-6-17(23-18-22-10-16(8-20)28-18)21-9-15(13)7-14-11-25(4-5-27-12-14)19(26)24(2)3/h6,9-10,14H,4-5,7,11-12H2,1-3H3,(H,21,22,23)/t14-/m0/s1. The molecule has 28 heavy (non-hydrogen) atoms. The van der Waals surface area contributed by atoms with Gasteiger partial charge in [0.2, 0.25) is 0 Å². The molecule has 3 heterocycles. The van der Waals surface area contributed by atoms with E-state index >= 15 is 0 Å². The van der Waals surface area contributed by atoms with Gasteiger partial charge in [0.25, 0.3) is 0 Å². The van der Waals surface area contributed by atoms with Crippen molar-refractivity contribution in [1.82, 2.24) is 19.8 Å². The van der Waals surface area contributed by atoms with Crippen LogP contribution in [0.1, 0.15) is 16.0 Å². The fourth-order valence-corrected chi connectivity index (χ4v) is 3.75. The Hall–Kier alpha value is -2.70. The van der Waals surface area contributed by atoms with E-state index in [9.17, 15) is 4.79 Å². The number of amides is 2. The van der Waals surface area contributed by atoms with Gasteiger partial charge in [0.15, 0.2) is 5.13 Å². The number of ether oxygens (including phenoxy) is 1. The first-order valence-corrected chi connectivity index (χ1v) is 9.90. The number of carbonyl (C=O) groups excluding carboxylic acids is 1. The molecule has 0 bridgehead atoms. The van der Waals surface area contributed by atoms with Gasteiger partial charge in [0.1, 0.15) is 16.8 Å². The average molecular weight is 401 g/mol. The smallest absolute Gasteiger partial charge is 0.319 e. The lowest BCUT2D eigenvalue weighted by Crippen LogP contribution is -2.42. The van der Waals surface area contributed by atoms with E-state index in [1.807, 2.05) is 24.1 Å². The second-order valence-electron chi connectivity index (χ2n) is 7.03. The molecular weight excluding hydrogens is 376 g/mol. The molecule has 9 heteroatoms. The van der Waals surface area contributed by atoms with E-state index in [1.54, 1.807) is 25.2 Å². The summed E-state index contributed by atoms with van der Waals surface area (Å²) < 4.78 is 5.72. The minimum absolute atomic E-state index is 0.0186. The molecule has 8 nitrogen and oxygen atoms in total. The van der Waals surface area contributed by atoms with Gasteiger partial charge in [-0.25, -0.2) is 14.8 Å². The molecule has 0 radical (unpaired) electrons. The molecule has 3 rings (SSSR count). The second kappa shape index (κ2) is 8.99. The third-order valence-electron chi connectivity index (χ3n) is 4.57. The molecule has 148 valence electrons. The van der Waals surface area contributed by atoms with E-state index in [0.29, 0.717) is 42.1 Å². The molecule has 0 aromatic carbocycles. The normalized spacial score (nSPS) is 16.9. The lowest BCUT2D eigenvalue weighted by molar-refractivity contribution is 0.121. The van der Waals surface area contributed by atoms with Crippen LogP contribution >= 0.6 is 11.3 Å². The van der Waals surface area contributed by atoms with E-state index in [2.05, 4.69) is 21.4 Å². The maximum atomic E-state index is 12.3. The van der Waals surface area contributed by atoms with Gasteiger partial charge < -0.3 is 19.9 Å². The van der Waals surface area contributed by atoms with Crippen LogP contribution in [0.5, 0.6) is 0 Å². The van der Waals surface area contributed by atoms with Gasteiger partial charge in [-0.05, 0) is 30.5 Å². The highest BCUT2D eigenvalue weighted by molar-refractivity contribution is 7.16. The van der Waals surface area contributed by atoms with Gasteiger partial charge in [0, 0.05) is 39.3 Å². The molecule has 1 fully saturated rings. The Labute approximate surface area is 168 Å². The number of aryl methyl sites for hydroxylation is 1. The van der Waals surface area contributed by atoms with Gasteiger partial charge in [0.05, 0.1) is 19.4 Å². The molecule has 1 aliphatic heterocycles. The zero-order valence-corrected chi connectivity index (χ0v) is 17.1. The summed E-state index contributed by atoms with van der Waals surface area (Å²) in [6.45, 7) is 4.53. The van der Waals surface area contributed by atoms with E-state index in [-0.39, 0.29) is 11.9 Å². The van der Waals surface area contributed by atoms with Crippen LogP contribution < -0.4 is 5.32 Å². The first-order chi connectivity index (χ1) is 13.5. The van der Waals surface area contributed by atoms with Crippen molar-refractivity contribution in [1.29, 1.82) is 5.26 Å². The number of nitrogens with one attached hydrogen (secondary N) is 1. The Morgan fingerprint density at radius 3 is 2.96 bits per heavy atom. The van der Waals surface area contributed by atoms with Crippen LogP contribution in [0.15, 0.2) is 18.5 Å². The molecule has 0 saturated carbocycles. The lowest BCUT2D eigenvalue weighted by atomic mass is 9.97. The van der Waals surface area contributed by atoms with Crippen molar-refractivity contribution in [3.63, 3.8) is 0 Å². The van der Waals surface area contributed by atoms with E-state index in [4.69, 9.17) is 10.00 Å². The van der Waals surface area contributed by atoms with Crippen molar-refractivity contribution in [3.8, 4) is 6.07 Å². The molecule has 1 N–H and O–H groups in total. The molecule has 2 amide bonds. The van der Waals surface area contributed by atoms with E-state index < -0.39 is 0 Å². The minimum Gasteiger partial charge on any atom is -0.379 e. The SMILES string of the molecule is Cc1cc(Nc2ncc(C#N)s2)ncc1C[C@@H]1COCCN(C(=O)N(C)C)C1. The van der Waals surface area contributed by atoms with Crippen molar-refractivity contribution in [2.45, 2.75) is 13.3 Å². The van der Waals surface area contributed by atoms with E-state index in [0.717, 1.165) is 17.5 Å². The summed E-state index contributed by atoms with van der Waals surface area (Å²) in [5.74, 6) is 0.921. The van der Waals surface area contributed by atoms with E-state index in [1.165, 1.54) is 11.3 Å². The predicted octanol–water partition coefficient (Wildman–Crippen LogP) is 2.63. The number of rotatable bonds is 4. The molecule has 1 saturated heterocycles. The topological polar surface area (TPSA) is 94.4 Å². The summed E-state index contributed by atoms with van der Waals surface area (Å²) in [7, 11) is 3.54. The van der Waals surface area contributed by atoms with Crippen LogP contribution in [0.4, 0.5) is 15.7 Å². The molecule has 1 atom stereocenters. The Morgan fingerprint density at radius 2 is 2.29 bits per heavy atom. The van der Waals surface area contributed by atoms with Gasteiger partial charge in [-0.2, -0.15) is 5.26 Å². The third kappa shape index (κ3) is 4.97. The van der Waals surface area contributed by atoms with Crippen molar-refractivity contribution in [3.05, 3.63) is 34.5 Å². The highest BCUT2D eigenvalue weighted by Crippen LogP contribution is 2.23. The number of thiazole rings is 1. The summed E-state index contributed by atoms with van der Waals surface area (Å²) in [5, 5.41) is 12.7. The Bertz CT molecular complexity index is 876. The molecule has 0 spiro atoms. The molecular formula is C19H24N6O2S. The fraction of sp³-hybridized carbons (Fsp3) is 0.474. The van der Waals surface area contributed by atoms with Crippen molar-refractivity contribution in [2.24, 2.45) is 5.92 Å². The summed E-state index contributed by atoms with van der Waals surface area (Å²) in [5.41, 5.74) is 2.25. The Morgan fingerprint density at radius 1 is 1.46 bits per heavy atom. The largest absolute Gasteiger partial charge is 0.379 e. The molecule has 2 aromatic rings. The fourth-order valence-electron chi connectivity index (χ4n) is 3.13. The van der Waals surface area contributed by atoms with Crippen LogP contribution in [-0.4, -0.2) is 66.2 Å². The monoisotopic (exact) mass is 400 g/mol. The highest BCUT2D eigenvalue weighted by Gasteiger charge is 2.24. The van der Waals surface area contributed by atoms with Gasteiger partial charge in [-0.1, -0.05) is 11.3 Å². The lowest BCUT2D eigenvalue weighted by Gasteiger charge is -2.26. The zero-order valence-electron chi connectivity index (χ0n) is 16.3. The zero-order chi connectivity index (χ0) is 20.1. The number of nitriles is 1. The van der Waals surface area contributed by atoms with Gasteiger partial charge >= 0.3 is 6.03 Å². The van der Waals surface area contributed by atoms with Gasteiger partial charge in [-0.3, -0.25) is 0 Å². The number of urea groups is 1. The number of hydrogen-bond donors (Lipinski definition) is 1. The molecule has 2 aromatic heterocycles. The van der Waals surface area contributed by atoms with Crippen LogP contribution in [-0.2, 0) is 11.2 Å². The van der Waals surface area contributed by atoms with Crippen LogP contribution in [0.2, 0.25) is 0 Å². The number of pyridine rings is 1. The second-order valence-corrected chi connectivity index (χ2v) is 8.06. The van der Waals surface area contributed by atoms with Crippen LogP contribution in [0.25, 0.3) is 0 Å².